The molecule has 1 aromatic heterocycles. The number of piperidine rings is 1. The highest BCUT2D eigenvalue weighted by Crippen LogP contribution is 2.14. The molecule has 1 amide bonds. The summed E-state index contributed by atoms with van der Waals surface area (Å²) in [7, 11) is 0. The molecule has 0 radical (unpaired) electrons. The second-order valence-corrected chi connectivity index (χ2v) is 6.70. The van der Waals surface area contributed by atoms with E-state index >= 15 is 0 Å². The third-order valence-corrected chi connectivity index (χ3v) is 4.60. The summed E-state index contributed by atoms with van der Waals surface area (Å²) >= 11 is 1.64. The van der Waals surface area contributed by atoms with Crippen LogP contribution in [0.3, 0.4) is 0 Å². The Morgan fingerprint density at radius 1 is 1.55 bits per heavy atom. The molecule has 2 heterocycles. The van der Waals surface area contributed by atoms with Gasteiger partial charge in [-0.15, -0.1) is 0 Å². The van der Waals surface area contributed by atoms with Crippen LogP contribution in [0.15, 0.2) is 24.5 Å². The number of hydrogen-bond donors (Lipinski definition) is 2. The number of pyridine rings is 1. The molecule has 0 unspecified atom stereocenters. The number of hydrogen-bond acceptors (Lipinski definition) is 5. The minimum Gasteiger partial charge on any atom is -0.383 e. The van der Waals surface area contributed by atoms with Gasteiger partial charge < -0.3 is 10.4 Å². The smallest absolute Gasteiger partial charge is 0.249 e. The average Bonchev–Trinajstić information content (AvgIpc) is 2.55. The van der Waals surface area contributed by atoms with Crippen molar-refractivity contribution in [1.82, 2.24) is 15.2 Å². The highest BCUT2D eigenvalue weighted by molar-refractivity contribution is 7.98. The maximum Gasteiger partial charge on any atom is 0.249 e. The highest BCUT2D eigenvalue weighted by Gasteiger charge is 2.23. The Labute approximate surface area is 136 Å². The van der Waals surface area contributed by atoms with E-state index in [1.165, 1.54) is 5.56 Å². The number of amides is 1. The molecule has 1 fully saturated rings. The lowest BCUT2D eigenvalue weighted by Crippen LogP contribution is -2.47. The molecule has 2 rings (SSSR count). The maximum atomic E-state index is 11.9. The first-order valence-electron chi connectivity index (χ1n) is 7.77. The van der Waals surface area contributed by atoms with Gasteiger partial charge in [-0.25, -0.2) is 0 Å². The lowest BCUT2D eigenvalue weighted by molar-refractivity contribution is -0.130. The molecule has 1 saturated heterocycles. The number of nitrogens with zero attached hydrogens (tertiary/aromatic N) is 2. The van der Waals surface area contributed by atoms with E-state index in [0.717, 1.165) is 38.2 Å². The van der Waals surface area contributed by atoms with Crippen LogP contribution in [-0.2, 0) is 11.3 Å². The largest absolute Gasteiger partial charge is 0.383 e. The number of thioether (sulfide) groups is 1. The fourth-order valence-corrected chi connectivity index (χ4v) is 3.10. The van der Waals surface area contributed by atoms with Crippen molar-refractivity contribution in [1.29, 1.82) is 0 Å². The topological polar surface area (TPSA) is 65.5 Å². The molecule has 1 aliphatic rings. The van der Waals surface area contributed by atoms with Crippen molar-refractivity contribution in [3.05, 3.63) is 30.1 Å². The van der Waals surface area contributed by atoms with Gasteiger partial charge in [-0.2, -0.15) is 11.8 Å². The van der Waals surface area contributed by atoms with E-state index in [-0.39, 0.29) is 11.9 Å². The molecule has 0 spiro atoms. The molecular formula is C16H25N3O2S. The first kappa shape index (κ1) is 17.2. The van der Waals surface area contributed by atoms with Crippen molar-refractivity contribution < 1.29 is 9.90 Å². The molecule has 22 heavy (non-hydrogen) atoms. The fourth-order valence-electron chi connectivity index (χ4n) is 2.64. The zero-order valence-corrected chi connectivity index (χ0v) is 13.9. The van der Waals surface area contributed by atoms with Gasteiger partial charge in [0.05, 0.1) is 0 Å². The zero-order valence-electron chi connectivity index (χ0n) is 13.1. The van der Waals surface area contributed by atoms with E-state index in [4.69, 9.17) is 0 Å². The van der Waals surface area contributed by atoms with Crippen molar-refractivity contribution in [2.24, 2.45) is 0 Å². The SMILES string of the molecule is CSCC[C@@H](O)C(=O)NC1CCN(Cc2cccnc2)CC1. The number of aromatic nitrogens is 1. The predicted octanol–water partition coefficient (Wildman–Crippen LogP) is 1.28. The lowest BCUT2D eigenvalue weighted by atomic mass is 10.0. The van der Waals surface area contributed by atoms with Crippen LogP contribution >= 0.6 is 11.8 Å². The summed E-state index contributed by atoms with van der Waals surface area (Å²) in [6.07, 6.45) is 7.17. The van der Waals surface area contributed by atoms with Crippen LogP contribution in [0.4, 0.5) is 0 Å². The third-order valence-electron chi connectivity index (χ3n) is 3.96. The van der Waals surface area contributed by atoms with Crippen LogP contribution in [0, 0.1) is 0 Å². The van der Waals surface area contributed by atoms with E-state index < -0.39 is 6.10 Å². The van der Waals surface area contributed by atoms with Crippen molar-refractivity contribution >= 4 is 17.7 Å². The number of likely N-dealkylation sites (tertiary alicyclic amines) is 1. The first-order valence-corrected chi connectivity index (χ1v) is 9.17. The van der Waals surface area contributed by atoms with Crippen LogP contribution in [0.2, 0.25) is 0 Å². The molecular weight excluding hydrogens is 298 g/mol. The van der Waals surface area contributed by atoms with E-state index in [1.807, 2.05) is 18.5 Å². The number of carbonyl (C=O) groups is 1. The summed E-state index contributed by atoms with van der Waals surface area (Å²) in [5.74, 6) is 0.581. The molecule has 0 bridgehead atoms. The van der Waals surface area contributed by atoms with Gasteiger partial charge in [-0.05, 0) is 42.9 Å². The summed E-state index contributed by atoms with van der Waals surface area (Å²) in [4.78, 5) is 18.4. The quantitative estimate of drug-likeness (QED) is 0.791. The molecule has 0 aliphatic carbocycles. The van der Waals surface area contributed by atoms with Crippen molar-refractivity contribution in [2.45, 2.75) is 38.0 Å². The monoisotopic (exact) mass is 323 g/mol. The van der Waals surface area contributed by atoms with Crippen LogP contribution in [0.25, 0.3) is 0 Å². The summed E-state index contributed by atoms with van der Waals surface area (Å²) < 4.78 is 0. The van der Waals surface area contributed by atoms with E-state index in [2.05, 4.69) is 21.3 Å². The second-order valence-electron chi connectivity index (χ2n) is 5.72. The highest BCUT2D eigenvalue weighted by atomic mass is 32.2. The van der Waals surface area contributed by atoms with E-state index in [1.54, 1.807) is 18.0 Å². The lowest BCUT2D eigenvalue weighted by Gasteiger charge is -2.32. The predicted molar refractivity (Wildman–Crippen MR) is 89.7 cm³/mol. The third kappa shape index (κ3) is 5.59. The Bertz CT molecular complexity index is 450. The molecule has 2 N–H and O–H groups in total. The summed E-state index contributed by atoms with van der Waals surface area (Å²) in [6, 6.07) is 4.22. The first-order chi connectivity index (χ1) is 10.7. The molecule has 0 saturated carbocycles. The molecule has 122 valence electrons. The summed E-state index contributed by atoms with van der Waals surface area (Å²) in [5.41, 5.74) is 1.22. The number of nitrogens with one attached hydrogen (secondary N) is 1. The molecule has 5 nitrogen and oxygen atoms in total. The summed E-state index contributed by atoms with van der Waals surface area (Å²) in [5, 5.41) is 12.8. The Kier molecular flexibility index (Phi) is 7.15. The van der Waals surface area contributed by atoms with Crippen LogP contribution in [-0.4, -0.2) is 58.1 Å². The van der Waals surface area contributed by atoms with Gasteiger partial charge in [0, 0.05) is 38.1 Å². The molecule has 1 aliphatic heterocycles. The van der Waals surface area contributed by atoms with Gasteiger partial charge in [0.25, 0.3) is 0 Å². The Hall–Kier alpha value is -1.11. The van der Waals surface area contributed by atoms with E-state index in [0.29, 0.717) is 6.42 Å². The second kappa shape index (κ2) is 9.12. The average molecular weight is 323 g/mol. The number of aliphatic hydroxyl groups is 1. The molecule has 0 aromatic carbocycles. The number of rotatable bonds is 7. The summed E-state index contributed by atoms with van der Waals surface area (Å²) in [6.45, 7) is 2.83. The Balaban J connectivity index is 1.69. The van der Waals surface area contributed by atoms with Crippen LogP contribution in [0.1, 0.15) is 24.8 Å². The van der Waals surface area contributed by atoms with E-state index in [9.17, 15) is 9.90 Å². The van der Waals surface area contributed by atoms with Gasteiger partial charge in [0.1, 0.15) is 6.10 Å². The van der Waals surface area contributed by atoms with Crippen LogP contribution in [0.5, 0.6) is 0 Å². The minimum atomic E-state index is -0.874. The number of carbonyl (C=O) groups excluding carboxylic acids is 1. The Morgan fingerprint density at radius 2 is 2.32 bits per heavy atom. The Morgan fingerprint density at radius 3 is 2.95 bits per heavy atom. The van der Waals surface area contributed by atoms with Crippen molar-refractivity contribution in [3.63, 3.8) is 0 Å². The normalized spacial score (nSPS) is 18.1. The van der Waals surface area contributed by atoms with Crippen molar-refractivity contribution in [3.8, 4) is 0 Å². The van der Waals surface area contributed by atoms with Gasteiger partial charge in [-0.3, -0.25) is 14.7 Å². The van der Waals surface area contributed by atoms with Crippen molar-refractivity contribution in [2.75, 3.05) is 25.1 Å². The van der Waals surface area contributed by atoms with Gasteiger partial charge in [0.2, 0.25) is 5.91 Å². The molecule has 1 atom stereocenters. The van der Waals surface area contributed by atoms with Gasteiger partial charge in [-0.1, -0.05) is 6.07 Å². The maximum absolute atomic E-state index is 11.9. The standard InChI is InChI=1S/C16H25N3O2S/c1-22-10-6-15(20)16(21)18-14-4-8-19(9-5-14)12-13-3-2-7-17-11-13/h2-3,7,11,14-15,20H,4-6,8-10,12H2,1H3,(H,18,21)/t15-/m1/s1. The fraction of sp³-hybridized carbons (Fsp3) is 0.625. The minimum absolute atomic E-state index is 0.182. The van der Waals surface area contributed by atoms with Gasteiger partial charge in [0.15, 0.2) is 0 Å². The van der Waals surface area contributed by atoms with Crippen LogP contribution < -0.4 is 5.32 Å². The number of aliphatic hydroxyl groups excluding tert-OH is 1. The molecule has 1 aromatic rings. The van der Waals surface area contributed by atoms with Gasteiger partial charge >= 0.3 is 0 Å². The zero-order chi connectivity index (χ0) is 15.8. The molecule has 6 heteroatoms.